The number of carbonyl (C=O) groups is 1. The lowest BCUT2D eigenvalue weighted by atomic mass is 10.0. The summed E-state index contributed by atoms with van der Waals surface area (Å²) >= 11 is 0. The van der Waals surface area contributed by atoms with Gasteiger partial charge >= 0.3 is 0 Å². The quantitative estimate of drug-likeness (QED) is 0.642. The molecule has 0 atom stereocenters. The average Bonchev–Trinajstić information content (AvgIpc) is 2.66. The predicted molar refractivity (Wildman–Crippen MR) is 99.2 cm³/mol. The van der Waals surface area contributed by atoms with Crippen molar-refractivity contribution in [3.05, 3.63) is 46.6 Å². The van der Waals surface area contributed by atoms with Gasteiger partial charge in [0.15, 0.2) is 0 Å². The number of para-hydroxylation sites is 1. The Balaban J connectivity index is 2.24. The van der Waals surface area contributed by atoms with Crippen LogP contribution >= 0.6 is 0 Å². The highest BCUT2D eigenvalue weighted by atomic mass is 16.5. The first-order valence-corrected chi connectivity index (χ1v) is 8.15. The van der Waals surface area contributed by atoms with Gasteiger partial charge in [-0.15, -0.1) is 0 Å². The molecule has 0 unspecified atom stereocenters. The molecule has 0 saturated carbocycles. The van der Waals surface area contributed by atoms with Gasteiger partial charge in [-0.25, -0.2) is 9.97 Å². The highest BCUT2D eigenvalue weighted by Crippen LogP contribution is 2.33. The molecule has 134 valence electrons. The van der Waals surface area contributed by atoms with Crippen molar-refractivity contribution in [1.82, 2.24) is 20.3 Å². The lowest BCUT2D eigenvalue weighted by Gasteiger charge is -2.13. The number of rotatable bonds is 5. The fourth-order valence-corrected chi connectivity index (χ4v) is 2.79. The first kappa shape index (κ1) is 17.4. The molecule has 4 N–H and O–H groups in total. The summed E-state index contributed by atoms with van der Waals surface area (Å²) in [7, 11) is 1.50. The second-order valence-corrected chi connectivity index (χ2v) is 5.67. The van der Waals surface area contributed by atoms with Crippen molar-refractivity contribution in [1.29, 1.82) is 0 Å². The molecule has 2 aromatic heterocycles. The zero-order chi connectivity index (χ0) is 18.7. The number of nitrogens with one attached hydrogen (secondary N) is 2. The number of hydrogen-bond acceptors (Lipinski definition) is 6. The predicted octanol–water partition coefficient (Wildman–Crippen LogP) is 1.72. The van der Waals surface area contributed by atoms with Crippen LogP contribution in [0.5, 0.6) is 5.88 Å². The van der Waals surface area contributed by atoms with E-state index in [0.29, 0.717) is 34.5 Å². The largest absolute Gasteiger partial charge is 0.480 e. The van der Waals surface area contributed by atoms with Gasteiger partial charge in [-0.2, -0.15) is 0 Å². The Morgan fingerprint density at radius 1 is 1.35 bits per heavy atom. The summed E-state index contributed by atoms with van der Waals surface area (Å²) in [4.78, 5) is 35.7. The molecule has 0 fully saturated rings. The van der Waals surface area contributed by atoms with Crippen LogP contribution in [0.2, 0.25) is 0 Å². The third kappa shape index (κ3) is 2.97. The van der Waals surface area contributed by atoms with Crippen molar-refractivity contribution in [3.63, 3.8) is 0 Å². The van der Waals surface area contributed by atoms with Crippen molar-refractivity contribution in [2.45, 2.75) is 13.3 Å². The van der Waals surface area contributed by atoms with Crippen LogP contribution in [0.1, 0.15) is 23.7 Å². The zero-order valence-electron chi connectivity index (χ0n) is 14.5. The third-order valence-electron chi connectivity index (χ3n) is 4.01. The fourth-order valence-electron chi connectivity index (χ4n) is 2.79. The molecule has 0 aliphatic heterocycles. The van der Waals surface area contributed by atoms with Crippen LogP contribution in [-0.4, -0.2) is 34.5 Å². The number of aromatic nitrogens is 3. The van der Waals surface area contributed by atoms with Gasteiger partial charge in [-0.1, -0.05) is 25.1 Å². The van der Waals surface area contributed by atoms with Gasteiger partial charge in [0.1, 0.15) is 11.9 Å². The van der Waals surface area contributed by atoms with E-state index >= 15 is 0 Å². The number of methoxy groups -OCH3 is 1. The number of ether oxygens (including phenoxy) is 1. The van der Waals surface area contributed by atoms with E-state index in [4.69, 9.17) is 10.5 Å². The Hall–Kier alpha value is -3.42. The van der Waals surface area contributed by atoms with E-state index in [0.717, 1.165) is 6.42 Å². The van der Waals surface area contributed by atoms with E-state index < -0.39 is 11.5 Å². The number of H-pyrrole nitrogens is 1. The smallest absolute Gasteiger partial charge is 0.263 e. The monoisotopic (exact) mass is 353 g/mol. The number of aromatic amines is 1. The maximum Gasteiger partial charge on any atom is 0.263 e. The molecule has 8 nitrogen and oxygen atoms in total. The maximum atomic E-state index is 12.5. The van der Waals surface area contributed by atoms with Crippen molar-refractivity contribution >= 4 is 22.5 Å². The number of fused-ring (bicyclic) bond motifs is 1. The lowest BCUT2D eigenvalue weighted by molar-refractivity contribution is 0.0953. The summed E-state index contributed by atoms with van der Waals surface area (Å²) in [6, 6.07) is 5.33. The third-order valence-corrected chi connectivity index (χ3v) is 4.01. The highest BCUT2D eigenvalue weighted by molar-refractivity contribution is 6.09. The minimum absolute atomic E-state index is 0.0839. The molecule has 0 bridgehead atoms. The first-order valence-electron chi connectivity index (χ1n) is 8.15. The Morgan fingerprint density at radius 3 is 2.88 bits per heavy atom. The summed E-state index contributed by atoms with van der Waals surface area (Å²) in [6.45, 7) is 2.39. The average molecular weight is 353 g/mol. The number of benzene rings is 1. The van der Waals surface area contributed by atoms with Gasteiger partial charge in [-0.3, -0.25) is 9.59 Å². The summed E-state index contributed by atoms with van der Waals surface area (Å²) in [6.07, 6.45) is 3.73. The molecule has 3 aromatic rings. The molecule has 0 spiro atoms. The Labute approximate surface area is 149 Å². The fraction of sp³-hybridized carbons (Fsp3) is 0.222. The zero-order valence-corrected chi connectivity index (χ0v) is 14.5. The number of anilines is 1. The Kier molecular flexibility index (Phi) is 4.83. The van der Waals surface area contributed by atoms with Crippen molar-refractivity contribution in [2.24, 2.45) is 0 Å². The first-order chi connectivity index (χ1) is 12.6. The molecule has 3 rings (SSSR count). The van der Waals surface area contributed by atoms with Gasteiger partial charge in [-0.05, 0) is 6.42 Å². The van der Waals surface area contributed by atoms with E-state index in [1.165, 1.54) is 13.4 Å². The molecule has 0 saturated heterocycles. The number of carbonyl (C=O) groups excluding carboxylic acids is 1. The minimum Gasteiger partial charge on any atom is -0.480 e. The van der Waals surface area contributed by atoms with Crippen LogP contribution in [0.25, 0.3) is 22.0 Å². The number of pyridine rings is 1. The number of hydrogen-bond donors (Lipinski definition) is 3. The van der Waals surface area contributed by atoms with Gasteiger partial charge in [0.05, 0.1) is 23.9 Å². The number of amides is 1. The minimum atomic E-state index is -0.549. The van der Waals surface area contributed by atoms with Gasteiger partial charge in [0, 0.05) is 23.7 Å². The van der Waals surface area contributed by atoms with Gasteiger partial charge < -0.3 is 20.8 Å². The normalized spacial score (nSPS) is 10.7. The second-order valence-electron chi connectivity index (χ2n) is 5.67. The van der Waals surface area contributed by atoms with Crippen LogP contribution in [-0.2, 0) is 0 Å². The number of nitrogen functional groups attached to an aromatic ring is 1. The molecular weight excluding hydrogens is 334 g/mol. The Bertz CT molecular complexity index is 1030. The summed E-state index contributed by atoms with van der Waals surface area (Å²) < 4.78 is 5.28. The maximum absolute atomic E-state index is 12.5. The highest BCUT2D eigenvalue weighted by Gasteiger charge is 2.19. The summed E-state index contributed by atoms with van der Waals surface area (Å²) in [5, 5.41) is 3.25. The molecule has 1 amide bonds. The van der Waals surface area contributed by atoms with Crippen LogP contribution in [0.15, 0.2) is 35.5 Å². The van der Waals surface area contributed by atoms with Crippen molar-refractivity contribution < 1.29 is 9.53 Å². The van der Waals surface area contributed by atoms with Crippen LogP contribution in [0.3, 0.4) is 0 Å². The van der Waals surface area contributed by atoms with Crippen LogP contribution in [0, 0.1) is 0 Å². The van der Waals surface area contributed by atoms with Gasteiger partial charge in [0.2, 0.25) is 5.88 Å². The molecule has 1 aromatic carbocycles. The topological polar surface area (TPSA) is 123 Å². The molecule has 8 heteroatoms. The molecule has 0 aliphatic rings. The van der Waals surface area contributed by atoms with Crippen LogP contribution < -0.4 is 21.3 Å². The van der Waals surface area contributed by atoms with Crippen LogP contribution in [0.4, 0.5) is 5.69 Å². The molecular formula is C18H19N5O3. The second kappa shape index (κ2) is 7.22. The van der Waals surface area contributed by atoms with Crippen molar-refractivity contribution in [3.8, 4) is 17.0 Å². The lowest BCUT2D eigenvalue weighted by Crippen LogP contribution is -2.31. The van der Waals surface area contributed by atoms with Crippen molar-refractivity contribution in [2.75, 3.05) is 19.4 Å². The van der Waals surface area contributed by atoms with E-state index in [9.17, 15) is 9.59 Å². The standard InChI is InChI=1S/C18H19N5O3/c1-3-7-21-16(24)13-14(19)11-6-4-5-10(15(11)23-17(13)25)12-8-20-9-22-18(12)26-2/h4-6,8-9H,3,7H2,1-2H3,(H,21,24)(H3,19,23,25). The molecule has 2 heterocycles. The summed E-state index contributed by atoms with van der Waals surface area (Å²) in [5.74, 6) is -0.116. The molecule has 0 aliphatic carbocycles. The SMILES string of the molecule is CCCNC(=O)c1c(N)c2cccc(-c3cncnc3OC)c2[nH]c1=O. The van der Waals surface area contributed by atoms with E-state index in [1.54, 1.807) is 24.4 Å². The van der Waals surface area contributed by atoms with E-state index in [2.05, 4.69) is 20.3 Å². The Morgan fingerprint density at radius 2 is 2.15 bits per heavy atom. The summed E-state index contributed by atoms with van der Waals surface area (Å²) in [5.41, 5.74) is 7.43. The molecule has 26 heavy (non-hydrogen) atoms. The van der Waals surface area contributed by atoms with E-state index in [1.807, 2.05) is 6.92 Å². The molecule has 0 radical (unpaired) electrons. The number of nitrogens with two attached hydrogens (primary N) is 1. The van der Waals surface area contributed by atoms with E-state index in [-0.39, 0.29) is 11.3 Å². The van der Waals surface area contributed by atoms with Gasteiger partial charge in [0.25, 0.3) is 11.5 Å². The number of nitrogens with zero attached hydrogens (tertiary/aromatic N) is 2.